The van der Waals surface area contributed by atoms with E-state index in [0.717, 1.165) is 29.6 Å². The minimum absolute atomic E-state index is 0.262. The van der Waals surface area contributed by atoms with Gasteiger partial charge in [-0.25, -0.2) is 9.37 Å². The monoisotopic (exact) mass is 311 g/mol. The van der Waals surface area contributed by atoms with Crippen molar-refractivity contribution in [1.29, 1.82) is 0 Å². The van der Waals surface area contributed by atoms with Gasteiger partial charge in [0.25, 0.3) is 0 Å². The standard InChI is InChI=1S/C13H15BrFN3/c14-9-4-5-10(11(15)7-9)12-8-17-13(18-12)3-1-2-6-16/h4-5,7-8H,1-3,6,16H2,(H,17,18). The van der Waals surface area contributed by atoms with Crippen LogP contribution >= 0.6 is 15.9 Å². The molecule has 1 aromatic carbocycles. The molecule has 0 aliphatic heterocycles. The second-order valence-corrected chi connectivity index (χ2v) is 5.03. The lowest BCUT2D eigenvalue weighted by Gasteiger charge is -2.00. The Kier molecular flexibility index (Phi) is 4.49. The van der Waals surface area contributed by atoms with Crippen LogP contribution in [0.1, 0.15) is 18.7 Å². The summed E-state index contributed by atoms with van der Waals surface area (Å²) in [6, 6.07) is 4.99. The highest BCUT2D eigenvalue weighted by Crippen LogP contribution is 2.24. The summed E-state index contributed by atoms with van der Waals surface area (Å²) in [7, 11) is 0. The Morgan fingerprint density at radius 2 is 2.17 bits per heavy atom. The van der Waals surface area contributed by atoms with Gasteiger partial charge in [0, 0.05) is 16.5 Å². The zero-order valence-electron chi connectivity index (χ0n) is 9.92. The fourth-order valence-electron chi connectivity index (χ4n) is 1.77. The molecular weight excluding hydrogens is 297 g/mol. The summed E-state index contributed by atoms with van der Waals surface area (Å²) < 4.78 is 14.5. The first kappa shape index (κ1) is 13.2. The largest absolute Gasteiger partial charge is 0.342 e. The van der Waals surface area contributed by atoms with E-state index in [-0.39, 0.29) is 5.82 Å². The van der Waals surface area contributed by atoms with Gasteiger partial charge in [0.1, 0.15) is 11.6 Å². The van der Waals surface area contributed by atoms with Crippen molar-refractivity contribution < 1.29 is 4.39 Å². The van der Waals surface area contributed by atoms with Gasteiger partial charge in [-0.2, -0.15) is 0 Å². The van der Waals surface area contributed by atoms with E-state index in [1.54, 1.807) is 12.3 Å². The van der Waals surface area contributed by atoms with Crippen molar-refractivity contribution >= 4 is 15.9 Å². The van der Waals surface area contributed by atoms with Gasteiger partial charge in [-0.05, 0) is 37.6 Å². The Morgan fingerprint density at radius 1 is 1.33 bits per heavy atom. The minimum atomic E-state index is -0.262. The van der Waals surface area contributed by atoms with E-state index in [9.17, 15) is 4.39 Å². The maximum atomic E-state index is 13.8. The molecule has 0 saturated heterocycles. The molecule has 0 saturated carbocycles. The second-order valence-electron chi connectivity index (χ2n) is 4.11. The van der Waals surface area contributed by atoms with Crippen molar-refractivity contribution in [1.82, 2.24) is 9.97 Å². The molecule has 0 atom stereocenters. The molecule has 2 rings (SSSR count). The van der Waals surface area contributed by atoms with Gasteiger partial charge in [0.05, 0.1) is 11.9 Å². The minimum Gasteiger partial charge on any atom is -0.342 e. The summed E-state index contributed by atoms with van der Waals surface area (Å²) in [6.07, 6.45) is 4.48. The highest BCUT2D eigenvalue weighted by molar-refractivity contribution is 9.10. The van der Waals surface area contributed by atoms with Gasteiger partial charge in [-0.3, -0.25) is 0 Å². The number of nitrogens with one attached hydrogen (secondary N) is 1. The smallest absolute Gasteiger partial charge is 0.133 e. The van der Waals surface area contributed by atoms with Crippen LogP contribution in [0.2, 0.25) is 0 Å². The van der Waals surface area contributed by atoms with E-state index >= 15 is 0 Å². The number of benzene rings is 1. The fourth-order valence-corrected chi connectivity index (χ4v) is 2.10. The predicted molar refractivity (Wildman–Crippen MR) is 73.7 cm³/mol. The van der Waals surface area contributed by atoms with Crippen LogP contribution in [0, 0.1) is 5.82 Å². The molecule has 1 heterocycles. The highest BCUT2D eigenvalue weighted by atomic mass is 79.9. The van der Waals surface area contributed by atoms with Crippen LogP contribution in [0.4, 0.5) is 4.39 Å². The summed E-state index contributed by atoms with van der Waals surface area (Å²) in [5.41, 5.74) is 6.69. The van der Waals surface area contributed by atoms with Crippen molar-refractivity contribution in [2.45, 2.75) is 19.3 Å². The molecule has 5 heteroatoms. The average Bonchev–Trinajstić information content (AvgIpc) is 2.78. The molecule has 0 amide bonds. The van der Waals surface area contributed by atoms with Gasteiger partial charge in [-0.1, -0.05) is 15.9 Å². The van der Waals surface area contributed by atoms with Crippen LogP contribution < -0.4 is 5.73 Å². The van der Waals surface area contributed by atoms with Gasteiger partial charge in [0.2, 0.25) is 0 Å². The molecule has 0 radical (unpaired) electrons. The zero-order valence-corrected chi connectivity index (χ0v) is 11.5. The van der Waals surface area contributed by atoms with Gasteiger partial charge in [0.15, 0.2) is 0 Å². The number of hydrogen-bond acceptors (Lipinski definition) is 2. The number of unbranched alkanes of at least 4 members (excludes halogenated alkanes) is 1. The molecule has 0 aliphatic rings. The normalized spacial score (nSPS) is 10.8. The van der Waals surface area contributed by atoms with Crippen LogP contribution in [-0.2, 0) is 6.42 Å². The van der Waals surface area contributed by atoms with E-state index in [1.807, 2.05) is 6.07 Å². The molecular formula is C13H15BrFN3. The third-order valence-corrected chi connectivity index (χ3v) is 3.21. The lowest BCUT2D eigenvalue weighted by molar-refractivity contribution is 0.630. The number of aryl methyl sites for hydroxylation is 1. The van der Waals surface area contributed by atoms with Crippen LogP contribution in [0.5, 0.6) is 0 Å². The maximum absolute atomic E-state index is 13.8. The van der Waals surface area contributed by atoms with Crippen molar-refractivity contribution in [3.05, 3.63) is 40.5 Å². The van der Waals surface area contributed by atoms with E-state index in [0.29, 0.717) is 17.8 Å². The summed E-state index contributed by atoms with van der Waals surface area (Å²) in [5, 5.41) is 0. The quantitative estimate of drug-likeness (QED) is 0.833. The third-order valence-electron chi connectivity index (χ3n) is 2.72. The molecule has 3 nitrogen and oxygen atoms in total. The van der Waals surface area contributed by atoms with Crippen LogP contribution in [0.3, 0.4) is 0 Å². The maximum Gasteiger partial charge on any atom is 0.133 e. The molecule has 0 fully saturated rings. The van der Waals surface area contributed by atoms with Crippen molar-refractivity contribution in [3.8, 4) is 11.3 Å². The number of halogens is 2. The summed E-state index contributed by atoms with van der Waals surface area (Å²) >= 11 is 3.24. The molecule has 96 valence electrons. The first-order valence-corrected chi connectivity index (χ1v) is 6.69. The summed E-state index contributed by atoms with van der Waals surface area (Å²) in [6.45, 7) is 0.689. The number of aromatic amines is 1. The van der Waals surface area contributed by atoms with Crippen LogP contribution in [0.15, 0.2) is 28.9 Å². The first-order chi connectivity index (χ1) is 8.70. The summed E-state index contributed by atoms with van der Waals surface area (Å²) in [4.78, 5) is 7.39. The number of hydrogen-bond donors (Lipinski definition) is 2. The van der Waals surface area contributed by atoms with E-state index in [4.69, 9.17) is 5.73 Å². The van der Waals surface area contributed by atoms with Gasteiger partial charge >= 0.3 is 0 Å². The molecule has 0 spiro atoms. The molecule has 3 N–H and O–H groups in total. The van der Waals surface area contributed by atoms with Gasteiger partial charge < -0.3 is 10.7 Å². The molecule has 18 heavy (non-hydrogen) atoms. The summed E-state index contributed by atoms with van der Waals surface area (Å²) in [5.74, 6) is 0.613. The molecule has 0 unspecified atom stereocenters. The van der Waals surface area contributed by atoms with E-state index in [1.165, 1.54) is 6.07 Å². The third kappa shape index (κ3) is 3.17. The van der Waals surface area contributed by atoms with Crippen molar-refractivity contribution in [2.24, 2.45) is 5.73 Å². The van der Waals surface area contributed by atoms with Gasteiger partial charge in [-0.15, -0.1) is 0 Å². The second kappa shape index (κ2) is 6.11. The number of aromatic nitrogens is 2. The zero-order chi connectivity index (χ0) is 13.0. The first-order valence-electron chi connectivity index (χ1n) is 5.90. The number of nitrogens with zero attached hydrogens (tertiary/aromatic N) is 1. The number of rotatable bonds is 5. The highest BCUT2D eigenvalue weighted by Gasteiger charge is 2.08. The predicted octanol–water partition coefficient (Wildman–Crippen LogP) is 3.26. The lowest BCUT2D eigenvalue weighted by Crippen LogP contribution is -1.99. The SMILES string of the molecule is NCCCCc1ncc(-c2ccc(Br)cc2F)[nH]1. The van der Waals surface area contributed by atoms with Crippen LogP contribution in [0.25, 0.3) is 11.3 Å². The lowest BCUT2D eigenvalue weighted by atomic mass is 10.1. The number of imidazole rings is 1. The fraction of sp³-hybridized carbons (Fsp3) is 0.308. The Hall–Kier alpha value is -1.20. The average molecular weight is 312 g/mol. The van der Waals surface area contributed by atoms with Crippen molar-refractivity contribution in [3.63, 3.8) is 0 Å². The van der Waals surface area contributed by atoms with E-state index < -0.39 is 0 Å². The molecule has 0 bridgehead atoms. The Morgan fingerprint density at radius 3 is 2.89 bits per heavy atom. The van der Waals surface area contributed by atoms with E-state index in [2.05, 4.69) is 25.9 Å². The number of H-pyrrole nitrogens is 1. The van der Waals surface area contributed by atoms with Crippen molar-refractivity contribution in [2.75, 3.05) is 6.54 Å². The Balaban J connectivity index is 2.13. The molecule has 2 aromatic rings. The molecule has 0 aliphatic carbocycles. The topological polar surface area (TPSA) is 54.7 Å². The van der Waals surface area contributed by atoms with Crippen LogP contribution in [-0.4, -0.2) is 16.5 Å². The Bertz CT molecular complexity index is 525. The Labute approximate surface area is 114 Å². The number of nitrogens with two attached hydrogens (primary N) is 1. The molecule has 1 aromatic heterocycles.